The van der Waals surface area contributed by atoms with E-state index in [0.717, 1.165) is 18.6 Å². The van der Waals surface area contributed by atoms with E-state index in [-0.39, 0.29) is 5.43 Å². The fraction of sp³-hybridized carbons (Fsp3) is 0.438. The van der Waals surface area contributed by atoms with Crippen LogP contribution in [0.25, 0.3) is 11.0 Å². The maximum Gasteiger partial charge on any atom is 0.192 e. The molecule has 0 unspecified atom stereocenters. The molecule has 0 aliphatic carbocycles. The zero-order valence-corrected chi connectivity index (χ0v) is 10.9. The molecule has 18 heavy (non-hydrogen) atoms. The van der Waals surface area contributed by atoms with Crippen molar-refractivity contribution in [1.82, 2.24) is 0 Å². The second-order valence-electron chi connectivity index (χ2n) is 4.74. The number of aryl methyl sites for hydroxylation is 1. The Bertz CT molecular complexity index is 554. The third kappa shape index (κ3) is 3.22. The number of hydrogen-bond acceptors (Lipinski definition) is 2. The quantitative estimate of drug-likeness (QED) is 0.709. The van der Waals surface area contributed by atoms with Gasteiger partial charge in [-0.2, -0.15) is 0 Å². The van der Waals surface area contributed by atoms with Gasteiger partial charge in [-0.25, -0.2) is 0 Å². The van der Waals surface area contributed by atoms with Crippen LogP contribution in [0.2, 0.25) is 0 Å². The SMILES string of the molecule is CCCCCCCc1cc(=O)c2ccccc2o1. The Kier molecular flexibility index (Phi) is 4.57. The molecule has 0 atom stereocenters. The summed E-state index contributed by atoms with van der Waals surface area (Å²) in [5.41, 5.74) is 0.772. The highest BCUT2D eigenvalue weighted by Gasteiger charge is 2.03. The van der Waals surface area contributed by atoms with Crippen molar-refractivity contribution in [2.75, 3.05) is 0 Å². The summed E-state index contributed by atoms with van der Waals surface area (Å²) in [4.78, 5) is 11.9. The lowest BCUT2D eigenvalue weighted by Crippen LogP contribution is -2.02. The van der Waals surface area contributed by atoms with E-state index in [1.165, 1.54) is 25.7 Å². The highest BCUT2D eigenvalue weighted by Crippen LogP contribution is 2.14. The van der Waals surface area contributed by atoms with Crippen LogP contribution in [0.3, 0.4) is 0 Å². The molecule has 0 saturated carbocycles. The van der Waals surface area contributed by atoms with Crippen LogP contribution in [-0.2, 0) is 6.42 Å². The third-order valence-corrected chi connectivity index (χ3v) is 3.21. The van der Waals surface area contributed by atoms with Crippen molar-refractivity contribution < 1.29 is 4.42 Å². The van der Waals surface area contributed by atoms with Gasteiger partial charge in [-0.3, -0.25) is 4.79 Å². The second-order valence-corrected chi connectivity index (χ2v) is 4.74. The molecule has 2 aromatic rings. The van der Waals surface area contributed by atoms with Gasteiger partial charge in [0.25, 0.3) is 0 Å². The Morgan fingerprint density at radius 3 is 2.67 bits per heavy atom. The number of unbranched alkanes of at least 4 members (excludes halogenated alkanes) is 4. The van der Waals surface area contributed by atoms with Gasteiger partial charge in [-0.05, 0) is 18.6 Å². The number of rotatable bonds is 6. The Balaban J connectivity index is 2.03. The monoisotopic (exact) mass is 244 g/mol. The van der Waals surface area contributed by atoms with E-state index >= 15 is 0 Å². The maximum atomic E-state index is 11.9. The number of hydrogen-bond donors (Lipinski definition) is 0. The van der Waals surface area contributed by atoms with Crippen LogP contribution in [0.4, 0.5) is 0 Å². The fourth-order valence-corrected chi connectivity index (χ4v) is 2.18. The van der Waals surface area contributed by atoms with Gasteiger partial charge in [0.2, 0.25) is 0 Å². The molecule has 0 fully saturated rings. The number of benzene rings is 1. The maximum absolute atomic E-state index is 11.9. The van der Waals surface area contributed by atoms with Crippen LogP contribution in [0.15, 0.2) is 39.5 Å². The Hall–Kier alpha value is -1.57. The van der Waals surface area contributed by atoms with Crippen LogP contribution in [-0.4, -0.2) is 0 Å². The highest BCUT2D eigenvalue weighted by molar-refractivity contribution is 5.76. The largest absolute Gasteiger partial charge is 0.461 e. The van der Waals surface area contributed by atoms with Gasteiger partial charge in [0, 0.05) is 12.5 Å². The molecule has 1 heterocycles. The minimum absolute atomic E-state index is 0.0698. The molecule has 0 N–H and O–H groups in total. The number of para-hydroxylation sites is 1. The smallest absolute Gasteiger partial charge is 0.192 e. The minimum atomic E-state index is 0.0698. The molecule has 2 nitrogen and oxygen atoms in total. The van der Waals surface area contributed by atoms with Crippen LogP contribution in [0, 0.1) is 0 Å². The van der Waals surface area contributed by atoms with E-state index < -0.39 is 0 Å². The summed E-state index contributed by atoms with van der Waals surface area (Å²) in [6.45, 7) is 2.21. The van der Waals surface area contributed by atoms with Crippen molar-refractivity contribution in [1.29, 1.82) is 0 Å². The van der Waals surface area contributed by atoms with E-state index in [1.54, 1.807) is 6.07 Å². The molecular formula is C16H20O2. The van der Waals surface area contributed by atoms with Crippen LogP contribution in [0.1, 0.15) is 44.8 Å². The normalized spacial score (nSPS) is 10.9. The van der Waals surface area contributed by atoms with Gasteiger partial charge in [0.15, 0.2) is 5.43 Å². The van der Waals surface area contributed by atoms with E-state index in [1.807, 2.05) is 24.3 Å². The van der Waals surface area contributed by atoms with Gasteiger partial charge in [-0.1, -0.05) is 44.7 Å². The molecule has 2 rings (SSSR count). The molecule has 0 aliphatic rings. The van der Waals surface area contributed by atoms with Crippen LogP contribution >= 0.6 is 0 Å². The van der Waals surface area contributed by atoms with Crippen molar-refractivity contribution in [2.24, 2.45) is 0 Å². The van der Waals surface area contributed by atoms with Gasteiger partial charge in [-0.15, -0.1) is 0 Å². The van der Waals surface area contributed by atoms with Gasteiger partial charge >= 0.3 is 0 Å². The molecule has 0 amide bonds. The summed E-state index contributed by atoms with van der Waals surface area (Å²) in [6.07, 6.45) is 7.00. The zero-order valence-electron chi connectivity index (χ0n) is 10.9. The summed E-state index contributed by atoms with van der Waals surface area (Å²) in [7, 11) is 0. The summed E-state index contributed by atoms with van der Waals surface area (Å²) >= 11 is 0. The zero-order chi connectivity index (χ0) is 12.8. The minimum Gasteiger partial charge on any atom is -0.461 e. The number of fused-ring (bicyclic) bond motifs is 1. The molecule has 1 aromatic carbocycles. The summed E-state index contributed by atoms with van der Waals surface area (Å²) in [5, 5.41) is 0.673. The lowest BCUT2D eigenvalue weighted by molar-refractivity contribution is 0.513. The summed E-state index contributed by atoms with van der Waals surface area (Å²) < 4.78 is 5.75. The first-order valence-electron chi connectivity index (χ1n) is 6.83. The van der Waals surface area contributed by atoms with E-state index in [2.05, 4.69) is 6.92 Å². The van der Waals surface area contributed by atoms with E-state index in [9.17, 15) is 4.79 Å². The van der Waals surface area contributed by atoms with Gasteiger partial charge in [0.1, 0.15) is 11.3 Å². The van der Waals surface area contributed by atoms with Crippen molar-refractivity contribution in [2.45, 2.75) is 45.4 Å². The molecular weight excluding hydrogens is 224 g/mol. The first kappa shape index (κ1) is 12.9. The molecule has 0 bridgehead atoms. The standard InChI is InChI=1S/C16H20O2/c1-2-3-4-5-6-9-13-12-15(17)14-10-7-8-11-16(14)18-13/h7-8,10-12H,2-6,9H2,1H3. The topological polar surface area (TPSA) is 30.2 Å². The first-order valence-corrected chi connectivity index (χ1v) is 6.83. The average Bonchev–Trinajstić information content (AvgIpc) is 2.39. The molecule has 0 radical (unpaired) electrons. The molecule has 0 spiro atoms. The molecule has 1 aromatic heterocycles. The first-order chi connectivity index (χ1) is 8.81. The molecule has 2 heteroatoms. The lowest BCUT2D eigenvalue weighted by Gasteiger charge is -2.02. The summed E-state index contributed by atoms with van der Waals surface area (Å²) in [6, 6.07) is 9.08. The third-order valence-electron chi connectivity index (χ3n) is 3.21. The Morgan fingerprint density at radius 1 is 1.06 bits per heavy atom. The van der Waals surface area contributed by atoms with Gasteiger partial charge < -0.3 is 4.42 Å². The van der Waals surface area contributed by atoms with Crippen LogP contribution in [0.5, 0.6) is 0 Å². The van der Waals surface area contributed by atoms with E-state index in [4.69, 9.17) is 4.42 Å². The Morgan fingerprint density at radius 2 is 1.83 bits per heavy atom. The summed E-state index contributed by atoms with van der Waals surface area (Å²) in [5.74, 6) is 0.815. The predicted octanol–water partition coefficient (Wildman–Crippen LogP) is 4.31. The lowest BCUT2D eigenvalue weighted by atomic mass is 10.1. The fourth-order valence-electron chi connectivity index (χ4n) is 2.18. The predicted molar refractivity (Wildman–Crippen MR) is 74.9 cm³/mol. The van der Waals surface area contributed by atoms with Crippen LogP contribution < -0.4 is 5.43 Å². The molecule has 96 valence electrons. The highest BCUT2D eigenvalue weighted by atomic mass is 16.3. The average molecular weight is 244 g/mol. The van der Waals surface area contributed by atoms with Crippen molar-refractivity contribution >= 4 is 11.0 Å². The van der Waals surface area contributed by atoms with Gasteiger partial charge in [0.05, 0.1) is 5.39 Å². The van der Waals surface area contributed by atoms with Crippen molar-refractivity contribution in [3.63, 3.8) is 0 Å². The van der Waals surface area contributed by atoms with E-state index in [0.29, 0.717) is 11.0 Å². The van der Waals surface area contributed by atoms with Crippen molar-refractivity contribution in [3.8, 4) is 0 Å². The molecule has 0 saturated heterocycles. The van der Waals surface area contributed by atoms with Crippen molar-refractivity contribution in [3.05, 3.63) is 46.3 Å². The molecule has 0 aliphatic heterocycles. The Labute approximate surface area is 108 Å². The second kappa shape index (κ2) is 6.39.